The number of aromatic nitrogens is 3. The third-order valence-corrected chi connectivity index (χ3v) is 6.28. The Balaban J connectivity index is 0.000000913. The molecule has 0 aliphatic carbocycles. The molecule has 174 valence electrons. The summed E-state index contributed by atoms with van der Waals surface area (Å²) >= 11 is 0. The molecule has 0 radical (unpaired) electrons. The van der Waals surface area contributed by atoms with Crippen molar-refractivity contribution >= 4 is 29.3 Å². The molecule has 11 heteroatoms. The number of carbonyl (C=O) groups is 3. The van der Waals surface area contributed by atoms with Crippen LogP contribution in [0.25, 0.3) is 11.0 Å². The maximum Gasteiger partial charge on any atom is 0.290 e. The highest BCUT2D eigenvalue weighted by molar-refractivity contribution is 5.94. The second-order valence-corrected chi connectivity index (χ2v) is 8.29. The number of carbonyl (C=O) groups excluding carboxylic acids is 2. The number of likely N-dealkylation sites (tertiary alicyclic amines) is 1. The topological polar surface area (TPSA) is 158 Å². The number of H-pyrrole nitrogens is 1. The van der Waals surface area contributed by atoms with Crippen LogP contribution in [-0.2, 0) is 14.3 Å². The smallest absolute Gasteiger partial charge is 0.290 e. The highest BCUT2D eigenvalue weighted by Crippen LogP contribution is 2.40. The Hall–Kier alpha value is -3.05. The fourth-order valence-electron chi connectivity index (χ4n) is 4.41. The monoisotopic (exact) mass is 447 g/mol. The van der Waals surface area contributed by atoms with Crippen molar-refractivity contribution in [1.29, 1.82) is 0 Å². The van der Waals surface area contributed by atoms with E-state index in [-0.39, 0.29) is 18.3 Å². The van der Waals surface area contributed by atoms with E-state index in [1.807, 2.05) is 13.0 Å². The molecule has 1 spiro atoms. The summed E-state index contributed by atoms with van der Waals surface area (Å²) in [5, 5.41) is 28.5. The van der Waals surface area contributed by atoms with Gasteiger partial charge in [-0.2, -0.15) is 5.10 Å². The van der Waals surface area contributed by atoms with Crippen LogP contribution < -0.4 is 5.32 Å². The van der Waals surface area contributed by atoms with Crippen molar-refractivity contribution in [3.63, 3.8) is 0 Å². The number of carboxylic acid groups (broad SMARTS) is 1. The maximum atomic E-state index is 12.9. The Bertz CT molecular complexity index is 970. The number of rotatable bonds is 3. The Morgan fingerprint density at radius 3 is 2.69 bits per heavy atom. The lowest BCUT2D eigenvalue weighted by Crippen LogP contribution is -2.69. The molecule has 4 rings (SSSR count). The molecule has 2 aliphatic rings. The number of fused-ring (bicyclic) bond motifs is 1. The van der Waals surface area contributed by atoms with Gasteiger partial charge in [0.2, 0.25) is 5.91 Å². The summed E-state index contributed by atoms with van der Waals surface area (Å²) in [4.78, 5) is 39.3. The lowest BCUT2D eigenvalue weighted by Gasteiger charge is -2.53. The molecule has 4 heterocycles. The van der Waals surface area contributed by atoms with E-state index in [1.165, 1.54) is 0 Å². The summed E-state index contributed by atoms with van der Waals surface area (Å²) in [6.45, 7) is 4.78. The fraction of sp³-hybridized carbons (Fsp3) is 0.571. The average molecular weight is 447 g/mol. The quantitative estimate of drug-likeness (QED) is 0.501. The molecular weight excluding hydrogens is 418 g/mol. The molecule has 0 saturated carbocycles. The number of nitrogens with one attached hydrogen (secondary N) is 2. The highest BCUT2D eigenvalue weighted by Gasteiger charge is 2.54. The van der Waals surface area contributed by atoms with Crippen molar-refractivity contribution in [2.45, 2.75) is 56.8 Å². The maximum absolute atomic E-state index is 12.9. The summed E-state index contributed by atoms with van der Waals surface area (Å²) < 4.78 is 6.04. The van der Waals surface area contributed by atoms with Crippen molar-refractivity contribution in [2.24, 2.45) is 0 Å². The van der Waals surface area contributed by atoms with Crippen LogP contribution in [0.1, 0.15) is 50.0 Å². The third kappa shape index (κ3) is 4.58. The van der Waals surface area contributed by atoms with E-state index in [0.717, 1.165) is 5.39 Å². The van der Waals surface area contributed by atoms with Gasteiger partial charge in [0.15, 0.2) is 5.65 Å². The minimum atomic E-state index is -0.837. The molecule has 2 atom stereocenters. The molecule has 32 heavy (non-hydrogen) atoms. The second-order valence-electron chi connectivity index (χ2n) is 8.29. The van der Waals surface area contributed by atoms with Crippen LogP contribution in [0.15, 0.2) is 18.3 Å². The van der Waals surface area contributed by atoms with Gasteiger partial charge in [0.25, 0.3) is 12.4 Å². The fourth-order valence-corrected chi connectivity index (χ4v) is 4.41. The molecule has 0 aromatic carbocycles. The van der Waals surface area contributed by atoms with Crippen molar-refractivity contribution in [1.82, 2.24) is 25.4 Å². The Kier molecular flexibility index (Phi) is 7.09. The summed E-state index contributed by atoms with van der Waals surface area (Å²) in [6, 6.07) is 3.52. The molecule has 2 aromatic rings. The van der Waals surface area contributed by atoms with Gasteiger partial charge in [0.05, 0.1) is 17.3 Å². The SMILES string of the molecule is CCC(=O)N[C@@]1(C)CCOC2(CCN(C(=O)c3ccc4cn[nH]c4n3)CC2)[C@@H]1O.O=CO. The number of ether oxygens (including phenoxy) is 1. The Morgan fingerprint density at radius 1 is 1.34 bits per heavy atom. The largest absolute Gasteiger partial charge is 0.483 e. The van der Waals surface area contributed by atoms with Gasteiger partial charge in [-0.05, 0) is 38.3 Å². The number of aliphatic hydroxyl groups excluding tert-OH is 1. The van der Waals surface area contributed by atoms with Gasteiger partial charge < -0.3 is 25.2 Å². The number of aliphatic hydroxyl groups is 1. The lowest BCUT2D eigenvalue weighted by molar-refractivity contribution is -0.205. The number of aromatic amines is 1. The van der Waals surface area contributed by atoms with Crippen molar-refractivity contribution in [2.75, 3.05) is 19.7 Å². The van der Waals surface area contributed by atoms with E-state index in [9.17, 15) is 14.7 Å². The van der Waals surface area contributed by atoms with E-state index < -0.39 is 17.2 Å². The van der Waals surface area contributed by atoms with Gasteiger partial charge in [0, 0.05) is 31.5 Å². The zero-order chi connectivity index (χ0) is 23.4. The van der Waals surface area contributed by atoms with E-state index >= 15 is 0 Å². The molecule has 2 saturated heterocycles. The van der Waals surface area contributed by atoms with E-state index in [4.69, 9.17) is 14.6 Å². The molecule has 0 bridgehead atoms. The van der Waals surface area contributed by atoms with Crippen molar-refractivity contribution in [3.05, 3.63) is 24.0 Å². The first-order valence-corrected chi connectivity index (χ1v) is 10.6. The summed E-state index contributed by atoms with van der Waals surface area (Å²) in [7, 11) is 0. The normalized spacial score (nSPS) is 24.5. The van der Waals surface area contributed by atoms with Crippen LogP contribution in [0.2, 0.25) is 0 Å². The van der Waals surface area contributed by atoms with Crippen LogP contribution in [0, 0.1) is 0 Å². The van der Waals surface area contributed by atoms with Gasteiger partial charge in [-0.25, -0.2) is 4.98 Å². The molecule has 2 amide bonds. The molecular formula is C21H29N5O6. The average Bonchev–Trinajstić information content (AvgIpc) is 3.26. The molecule has 2 aliphatic heterocycles. The first-order chi connectivity index (χ1) is 15.3. The zero-order valence-electron chi connectivity index (χ0n) is 18.2. The third-order valence-electron chi connectivity index (χ3n) is 6.28. The predicted octanol–water partition coefficient (Wildman–Crippen LogP) is 0.700. The van der Waals surface area contributed by atoms with Gasteiger partial charge in [0.1, 0.15) is 11.8 Å². The van der Waals surface area contributed by atoms with E-state index in [1.54, 1.807) is 24.1 Å². The zero-order valence-corrected chi connectivity index (χ0v) is 18.2. The van der Waals surface area contributed by atoms with Crippen LogP contribution in [0.4, 0.5) is 0 Å². The van der Waals surface area contributed by atoms with Gasteiger partial charge in [-0.3, -0.25) is 19.5 Å². The van der Waals surface area contributed by atoms with Crippen LogP contribution in [0.3, 0.4) is 0 Å². The van der Waals surface area contributed by atoms with E-state index in [0.29, 0.717) is 56.7 Å². The van der Waals surface area contributed by atoms with Crippen LogP contribution in [-0.4, -0.2) is 85.5 Å². The highest BCUT2D eigenvalue weighted by atomic mass is 16.5. The first-order valence-electron chi connectivity index (χ1n) is 10.6. The molecule has 2 fully saturated rings. The van der Waals surface area contributed by atoms with Crippen molar-refractivity contribution < 1.29 is 29.3 Å². The van der Waals surface area contributed by atoms with Crippen molar-refractivity contribution in [3.8, 4) is 0 Å². The number of amides is 2. The molecule has 0 unspecified atom stereocenters. The van der Waals surface area contributed by atoms with Crippen LogP contribution >= 0.6 is 0 Å². The number of hydrogen-bond acceptors (Lipinski definition) is 7. The predicted molar refractivity (Wildman–Crippen MR) is 114 cm³/mol. The van der Waals surface area contributed by atoms with Gasteiger partial charge in [-0.1, -0.05) is 6.92 Å². The number of pyridine rings is 1. The lowest BCUT2D eigenvalue weighted by atomic mass is 9.73. The van der Waals surface area contributed by atoms with Crippen LogP contribution in [0.5, 0.6) is 0 Å². The Labute approximate surface area is 185 Å². The first kappa shape index (κ1) is 23.6. The van der Waals surface area contributed by atoms with E-state index in [2.05, 4.69) is 20.5 Å². The molecule has 2 aromatic heterocycles. The van der Waals surface area contributed by atoms with Gasteiger partial charge >= 0.3 is 0 Å². The number of nitrogens with zero attached hydrogens (tertiary/aromatic N) is 3. The Morgan fingerprint density at radius 2 is 2.03 bits per heavy atom. The summed E-state index contributed by atoms with van der Waals surface area (Å²) in [5.74, 6) is -0.236. The minimum Gasteiger partial charge on any atom is -0.483 e. The van der Waals surface area contributed by atoms with Gasteiger partial charge in [-0.15, -0.1) is 0 Å². The second kappa shape index (κ2) is 9.61. The standard InChI is InChI=1S/C20H27N5O4.CH2O2/c1-3-15(26)23-19(2)8-11-29-20(18(19)28)6-9-25(10-7-20)17(27)14-5-4-13-12-21-24-16(13)22-14;2-1-3/h4-5,12,18,28H,3,6-11H2,1-2H3,(H,23,26)(H,21,22,24);1H,(H,2,3)/t18-,19+;/m1./s1. The minimum absolute atomic E-state index is 0.0866. The number of hydrogen-bond donors (Lipinski definition) is 4. The summed E-state index contributed by atoms with van der Waals surface area (Å²) in [5.41, 5.74) is -0.545. The molecule has 4 N–H and O–H groups in total. The molecule has 11 nitrogen and oxygen atoms in total. The number of piperidine rings is 1. The summed E-state index contributed by atoms with van der Waals surface area (Å²) in [6.07, 6.45) is 2.76.